The van der Waals surface area contributed by atoms with Gasteiger partial charge in [-0.2, -0.15) is 0 Å². The molecule has 1 unspecified atom stereocenters. The van der Waals surface area contributed by atoms with Crippen LogP contribution in [0, 0.1) is 0 Å². The molecule has 1 aliphatic heterocycles. The predicted molar refractivity (Wildman–Crippen MR) is 79.9 cm³/mol. The van der Waals surface area contributed by atoms with Gasteiger partial charge in [0.15, 0.2) is 5.96 Å². The van der Waals surface area contributed by atoms with Gasteiger partial charge in [0.1, 0.15) is 12.4 Å². The maximum Gasteiger partial charge on any atom is 0.189 e. The Hall–Kier alpha value is -1.24. The molecule has 0 saturated heterocycles. The lowest BCUT2D eigenvalue weighted by Crippen LogP contribution is -2.35. The van der Waals surface area contributed by atoms with Gasteiger partial charge >= 0.3 is 0 Å². The SMILES string of the molecule is C=CCN=C(N)NC1COc2ccccc21.I. The van der Waals surface area contributed by atoms with Crippen molar-refractivity contribution >= 4 is 29.9 Å². The summed E-state index contributed by atoms with van der Waals surface area (Å²) in [6.45, 7) is 4.69. The van der Waals surface area contributed by atoms with Gasteiger partial charge in [-0.15, -0.1) is 30.6 Å². The highest BCUT2D eigenvalue weighted by Crippen LogP contribution is 2.31. The van der Waals surface area contributed by atoms with E-state index in [1.807, 2.05) is 24.3 Å². The summed E-state index contributed by atoms with van der Waals surface area (Å²) in [4.78, 5) is 4.09. The van der Waals surface area contributed by atoms with Crippen molar-refractivity contribution < 1.29 is 4.74 Å². The van der Waals surface area contributed by atoms with Gasteiger partial charge < -0.3 is 15.8 Å². The van der Waals surface area contributed by atoms with Crippen molar-refractivity contribution in [2.24, 2.45) is 10.7 Å². The fourth-order valence-electron chi connectivity index (χ4n) is 1.67. The molecule has 0 amide bonds. The molecule has 0 fully saturated rings. The van der Waals surface area contributed by atoms with Crippen LogP contribution in [0.3, 0.4) is 0 Å². The Labute approximate surface area is 118 Å². The van der Waals surface area contributed by atoms with E-state index < -0.39 is 0 Å². The first-order valence-corrected chi connectivity index (χ1v) is 5.20. The molecule has 1 aromatic carbocycles. The van der Waals surface area contributed by atoms with E-state index in [1.165, 1.54) is 0 Å². The fourth-order valence-corrected chi connectivity index (χ4v) is 1.67. The van der Waals surface area contributed by atoms with E-state index in [0.717, 1.165) is 11.3 Å². The summed E-state index contributed by atoms with van der Waals surface area (Å²) in [7, 11) is 0. The normalized spacial score (nSPS) is 17.6. The highest BCUT2D eigenvalue weighted by molar-refractivity contribution is 14.0. The largest absolute Gasteiger partial charge is 0.491 e. The highest BCUT2D eigenvalue weighted by Gasteiger charge is 2.23. The first-order chi connectivity index (χ1) is 7.81. The predicted octanol–water partition coefficient (Wildman–Crippen LogP) is 1.83. The number of rotatable bonds is 3. The van der Waals surface area contributed by atoms with Gasteiger partial charge in [0.05, 0.1) is 12.6 Å². The number of benzene rings is 1. The van der Waals surface area contributed by atoms with E-state index in [0.29, 0.717) is 19.1 Å². The van der Waals surface area contributed by atoms with Crippen LogP contribution in [0.15, 0.2) is 41.9 Å². The topological polar surface area (TPSA) is 59.6 Å². The fraction of sp³-hybridized carbons (Fsp3) is 0.250. The van der Waals surface area contributed by atoms with Crippen LogP contribution in [0.2, 0.25) is 0 Å². The van der Waals surface area contributed by atoms with Crippen molar-refractivity contribution in [3.05, 3.63) is 42.5 Å². The van der Waals surface area contributed by atoms with Crippen molar-refractivity contribution in [2.75, 3.05) is 13.2 Å². The van der Waals surface area contributed by atoms with Crippen LogP contribution < -0.4 is 15.8 Å². The maximum atomic E-state index is 5.73. The average Bonchev–Trinajstić information content (AvgIpc) is 2.70. The minimum absolute atomic E-state index is 0. The Morgan fingerprint density at radius 1 is 1.59 bits per heavy atom. The monoisotopic (exact) mass is 345 g/mol. The standard InChI is InChI=1S/C12H15N3O.HI/c1-2-7-14-12(13)15-10-8-16-11-6-4-3-5-9(10)11;/h2-6,10H,1,7-8H2,(H3,13,14,15);1H. The molecule has 1 atom stereocenters. The van der Waals surface area contributed by atoms with Gasteiger partial charge in [-0.25, -0.2) is 4.99 Å². The molecular formula is C12H16IN3O. The molecule has 17 heavy (non-hydrogen) atoms. The zero-order valence-corrected chi connectivity index (χ0v) is 11.8. The number of hydrogen-bond acceptors (Lipinski definition) is 2. The zero-order chi connectivity index (χ0) is 11.4. The van der Waals surface area contributed by atoms with Gasteiger partial charge in [0.25, 0.3) is 0 Å². The van der Waals surface area contributed by atoms with Crippen LogP contribution in [-0.4, -0.2) is 19.1 Å². The van der Waals surface area contributed by atoms with E-state index in [9.17, 15) is 0 Å². The van der Waals surface area contributed by atoms with Crippen LogP contribution >= 0.6 is 24.0 Å². The number of halogens is 1. The minimum Gasteiger partial charge on any atom is -0.491 e. The summed E-state index contributed by atoms with van der Waals surface area (Å²) in [5, 5.41) is 3.12. The zero-order valence-electron chi connectivity index (χ0n) is 9.43. The maximum absolute atomic E-state index is 5.73. The lowest BCUT2D eigenvalue weighted by atomic mass is 10.1. The summed E-state index contributed by atoms with van der Waals surface area (Å²) in [6, 6.07) is 8.01. The van der Waals surface area contributed by atoms with Crippen molar-refractivity contribution in [1.29, 1.82) is 0 Å². The molecule has 0 bridgehead atoms. The molecule has 0 aliphatic carbocycles. The lowest BCUT2D eigenvalue weighted by Gasteiger charge is -2.11. The number of para-hydroxylation sites is 1. The number of nitrogens with one attached hydrogen (secondary N) is 1. The number of fused-ring (bicyclic) bond motifs is 1. The van der Waals surface area contributed by atoms with Crippen LogP contribution in [-0.2, 0) is 0 Å². The van der Waals surface area contributed by atoms with Gasteiger partial charge in [0, 0.05) is 5.56 Å². The smallest absolute Gasteiger partial charge is 0.189 e. The van der Waals surface area contributed by atoms with Gasteiger partial charge in [-0.05, 0) is 6.07 Å². The Kier molecular flexibility index (Phi) is 5.27. The third kappa shape index (κ3) is 3.36. The molecule has 1 aliphatic rings. The molecule has 0 radical (unpaired) electrons. The molecule has 5 heteroatoms. The van der Waals surface area contributed by atoms with E-state index in [2.05, 4.69) is 16.9 Å². The molecule has 0 spiro atoms. The van der Waals surface area contributed by atoms with Crippen LogP contribution in [0.25, 0.3) is 0 Å². The van der Waals surface area contributed by atoms with Crippen molar-refractivity contribution in [2.45, 2.75) is 6.04 Å². The van der Waals surface area contributed by atoms with E-state index in [-0.39, 0.29) is 30.0 Å². The molecule has 3 N–H and O–H groups in total. The Balaban J connectivity index is 0.00000144. The number of aliphatic imine (C=N–C) groups is 1. The molecule has 92 valence electrons. The molecule has 0 aromatic heterocycles. The van der Waals surface area contributed by atoms with E-state index in [1.54, 1.807) is 6.08 Å². The second-order valence-electron chi connectivity index (χ2n) is 3.56. The third-order valence-electron chi connectivity index (χ3n) is 2.41. The van der Waals surface area contributed by atoms with Gasteiger partial charge in [-0.1, -0.05) is 24.3 Å². The van der Waals surface area contributed by atoms with E-state index in [4.69, 9.17) is 10.5 Å². The van der Waals surface area contributed by atoms with Crippen molar-refractivity contribution in [3.8, 4) is 5.75 Å². The second kappa shape index (κ2) is 6.48. The second-order valence-corrected chi connectivity index (χ2v) is 3.56. The number of nitrogens with zero attached hydrogens (tertiary/aromatic N) is 1. The third-order valence-corrected chi connectivity index (χ3v) is 2.41. The number of nitrogens with two attached hydrogens (primary N) is 1. The first kappa shape index (κ1) is 13.8. The highest BCUT2D eigenvalue weighted by atomic mass is 127. The molecule has 4 nitrogen and oxygen atoms in total. The van der Waals surface area contributed by atoms with Gasteiger partial charge in [-0.3, -0.25) is 0 Å². The molecule has 2 rings (SSSR count). The molecular weight excluding hydrogens is 329 g/mol. The molecule has 1 aromatic rings. The average molecular weight is 345 g/mol. The number of guanidine groups is 1. The summed E-state index contributed by atoms with van der Waals surface area (Å²) in [5.74, 6) is 1.33. The van der Waals surface area contributed by atoms with Gasteiger partial charge in [0.2, 0.25) is 0 Å². The minimum atomic E-state index is 0. The van der Waals surface area contributed by atoms with Crippen molar-refractivity contribution in [1.82, 2.24) is 5.32 Å². The summed E-state index contributed by atoms with van der Waals surface area (Å²) in [5.41, 5.74) is 6.86. The summed E-state index contributed by atoms with van der Waals surface area (Å²) < 4.78 is 5.52. The van der Waals surface area contributed by atoms with Crippen molar-refractivity contribution in [3.63, 3.8) is 0 Å². The Morgan fingerprint density at radius 3 is 3.12 bits per heavy atom. The van der Waals surface area contributed by atoms with Crippen LogP contribution in [0.4, 0.5) is 0 Å². The number of hydrogen-bond donors (Lipinski definition) is 2. The number of ether oxygens (including phenoxy) is 1. The quantitative estimate of drug-likeness (QED) is 0.380. The van der Waals surface area contributed by atoms with E-state index >= 15 is 0 Å². The van der Waals surface area contributed by atoms with Crippen LogP contribution in [0.1, 0.15) is 11.6 Å². The molecule has 0 saturated carbocycles. The Morgan fingerprint density at radius 2 is 2.35 bits per heavy atom. The summed E-state index contributed by atoms with van der Waals surface area (Å²) in [6.07, 6.45) is 1.70. The molecule has 1 heterocycles. The lowest BCUT2D eigenvalue weighted by molar-refractivity contribution is 0.324. The Bertz CT molecular complexity index is 420. The summed E-state index contributed by atoms with van der Waals surface area (Å²) >= 11 is 0. The first-order valence-electron chi connectivity index (χ1n) is 5.20. The van der Waals surface area contributed by atoms with Crippen LogP contribution in [0.5, 0.6) is 5.75 Å².